The Labute approximate surface area is 81.5 Å². The van der Waals surface area contributed by atoms with Gasteiger partial charge in [-0.25, -0.2) is 4.98 Å². The molecular weight excluding hydrogens is 186 g/mol. The standard InChI is InChI=1S/C9H13NO2S/c11-5-8-6-12-9(10-8)7-1-3-13-4-2-7/h6-7,11H,1-5H2. The van der Waals surface area contributed by atoms with Crippen LogP contribution in [0.25, 0.3) is 0 Å². The average Bonchev–Trinajstić information content (AvgIpc) is 2.67. The maximum atomic E-state index is 8.82. The molecule has 13 heavy (non-hydrogen) atoms. The predicted molar refractivity (Wildman–Crippen MR) is 51.7 cm³/mol. The van der Waals surface area contributed by atoms with Crippen LogP contribution in [0.15, 0.2) is 10.7 Å². The number of nitrogens with zero attached hydrogens (tertiary/aromatic N) is 1. The topological polar surface area (TPSA) is 46.3 Å². The number of thioether (sulfide) groups is 1. The Morgan fingerprint density at radius 2 is 2.31 bits per heavy atom. The van der Waals surface area contributed by atoms with E-state index in [4.69, 9.17) is 9.52 Å². The zero-order valence-electron chi connectivity index (χ0n) is 7.40. The highest BCUT2D eigenvalue weighted by Gasteiger charge is 2.20. The summed E-state index contributed by atoms with van der Waals surface area (Å²) in [5.74, 6) is 3.68. The molecule has 0 radical (unpaired) electrons. The van der Waals surface area contributed by atoms with Crippen LogP contribution in [-0.4, -0.2) is 21.6 Å². The number of oxazole rings is 1. The third-order valence-corrected chi connectivity index (χ3v) is 3.35. The average molecular weight is 199 g/mol. The molecule has 1 aromatic heterocycles. The highest BCUT2D eigenvalue weighted by atomic mass is 32.2. The third kappa shape index (κ3) is 2.06. The Hall–Kier alpha value is -0.480. The van der Waals surface area contributed by atoms with Gasteiger partial charge in [-0.05, 0) is 24.3 Å². The van der Waals surface area contributed by atoms with Crippen LogP contribution in [0.1, 0.15) is 30.3 Å². The monoisotopic (exact) mass is 199 g/mol. The molecular formula is C9H13NO2S. The molecule has 72 valence electrons. The molecule has 0 aromatic carbocycles. The van der Waals surface area contributed by atoms with E-state index in [0.29, 0.717) is 11.6 Å². The summed E-state index contributed by atoms with van der Waals surface area (Å²) in [5.41, 5.74) is 0.647. The van der Waals surface area contributed by atoms with E-state index < -0.39 is 0 Å². The van der Waals surface area contributed by atoms with Crippen molar-refractivity contribution in [1.82, 2.24) is 4.98 Å². The van der Waals surface area contributed by atoms with Gasteiger partial charge in [0.1, 0.15) is 12.0 Å². The lowest BCUT2D eigenvalue weighted by molar-refractivity contribution is 0.276. The number of hydrogen-bond acceptors (Lipinski definition) is 4. The fourth-order valence-corrected chi connectivity index (χ4v) is 2.63. The van der Waals surface area contributed by atoms with Crippen molar-refractivity contribution in [3.63, 3.8) is 0 Å². The van der Waals surface area contributed by atoms with E-state index in [1.54, 1.807) is 6.26 Å². The Morgan fingerprint density at radius 1 is 1.54 bits per heavy atom. The van der Waals surface area contributed by atoms with Crippen LogP contribution in [0.2, 0.25) is 0 Å². The summed E-state index contributed by atoms with van der Waals surface area (Å²) in [6.07, 6.45) is 3.85. The number of aromatic nitrogens is 1. The molecule has 0 bridgehead atoms. The minimum Gasteiger partial charge on any atom is -0.448 e. The van der Waals surface area contributed by atoms with Gasteiger partial charge in [-0.15, -0.1) is 0 Å². The SMILES string of the molecule is OCc1coc(C2CCSCC2)n1. The van der Waals surface area contributed by atoms with Gasteiger partial charge >= 0.3 is 0 Å². The van der Waals surface area contributed by atoms with Gasteiger partial charge < -0.3 is 9.52 Å². The van der Waals surface area contributed by atoms with E-state index in [0.717, 1.165) is 18.7 Å². The van der Waals surface area contributed by atoms with Crippen molar-refractivity contribution in [2.45, 2.75) is 25.4 Å². The van der Waals surface area contributed by atoms with Crippen LogP contribution < -0.4 is 0 Å². The first-order valence-electron chi connectivity index (χ1n) is 4.53. The fourth-order valence-electron chi connectivity index (χ4n) is 1.53. The van der Waals surface area contributed by atoms with Crippen molar-refractivity contribution in [2.24, 2.45) is 0 Å². The molecule has 1 N–H and O–H groups in total. The summed E-state index contributed by atoms with van der Waals surface area (Å²) in [6, 6.07) is 0. The summed E-state index contributed by atoms with van der Waals surface area (Å²) in [5, 5.41) is 8.82. The molecule has 0 unspecified atom stereocenters. The van der Waals surface area contributed by atoms with Gasteiger partial charge in [-0.2, -0.15) is 11.8 Å². The fraction of sp³-hybridized carbons (Fsp3) is 0.667. The molecule has 0 saturated carbocycles. The van der Waals surface area contributed by atoms with Crippen LogP contribution in [0.4, 0.5) is 0 Å². The molecule has 1 saturated heterocycles. The molecule has 0 spiro atoms. The highest BCUT2D eigenvalue weighted by Crippen LogP contribution is 2.30. The van der Waals surface area contributed by atoms with Gasteiger partial charge in [-0.1, -0.05) is 0 Å². The van der Waals surface area contributed by atoms with Gasteiger partial charge in [0.05, 0.1) is 6.61 Å². The van der Waals surface area contributed by atoms with Crippen LogP contribution in [-0.2, 0) is 6.61 Å². The van der Waals surface area contributed by atoms with Crippen molar-refractivity contribution >= 4 is 11.8 Å². The van der Waals surface area contributed by atoms with E-state index in [9.17, 15) is 0 Å². The molecule has 1 aliphatic rings. The Kier molecular flexibility index (Phi) is 2.90. The first kappa shape index (κ1) is 9.09. The molecule has 2 rings (SSSR count). The van der Waals surface area contributed by atoms with Gasteiger partial charge in [-0.3, -0.25) is 0 Å². The first-order chi connectivity index (χ1) is 6.40. The quantitative estimate of drug-likeness (QED) is 0.788. The second kappa shape index (κ2) is 4.15. The van der Waals surface area contributed by atoms with Crippen LogP contribution in [0.5, 0.6) is 0 Å². The zero-order chi connectivity index (χ0) is 9.10. The maximum Gasteiger partial charge on any atom is 0.197 e. The number of hydrogen-bond donors (Lipinski definition) is 1. The molecule has 3 nitrogen and oxygen atoms in total. The van der Waals surface area contributed by atoms with Crippen molar-refractivity contribution in [2.75, 3.05) is 11.5 Å². The van der Waals surface area contributed by atoms with E-state index >= 15 is 0 Å². The number of aliphatic hydroxyl groups excluding tert-OH is 1. The van der Waals surface area contributed by atoms with E-state index in [2.05, 4.69) is 4.98 Å². The van der Waals surface area contributed by atoms with Gasteiger partial charge in [0, 0.05) is 5.92 Å². The van der Waals surface area contributed by atoms with Gasteiger partial charge in [0.2, 0.25) is 0 Å². The zero-order valence-corrected chi connectivity index (χ0v) is 8.22. The Morgan fingerprint density at radius 3 is 2.92 bits per heavy atom. The second-order valence-corrected chi connectivity index (χ2v) is 4.45. The summed E-state index contributed by atoms with van der Waals surface area (Å²) in [4.78, 5) is 4.23. The Balaban J connectivity index is 2.05. The largest absolute Gasteiger partial charge is 0.448 e. The van der Waals surface area contributed by atoms with Gasteiger partial charge in [0.25, 0.3) is 0 Å². The lowest BCUT2D eigenvalue weighted by Crippen LogP contribution is -2.08. The lowest BCUT2D eigenvalue weighted by atomic mass is 10.0. The highest BCUT2D eigenvalue weighted by molar-refractivity contribution is 7.99. The molecule has 1 aliphatic heterocycles. The third-order valence-electron chi connectivity index (χ3n) is 2.30. The van der Waals surface area contributed by atoms with Crippen molar-refractivity contribution in [1.29, 1.82) is 0 Å². The Bertz CT molecular complexity index is 268. The molecule has 2 heterocycles. The van der Waals surface area contributed by atoms with Crippen LogP contribution in [0, 0.1) is 0 Å². The van der Waals surface area contributed by atoms with Crippen LogP contribution in [0.3, 0.4) is 0 Å². The molecule has 0 atom stereocenters. The first-order valence-corrected chi connectivity index (χ1v) is 5.68. The summed E-state index contributed by atoms with van der Waals surface area (Å²) >= 11 is 1.99. The summed E-state index contributed by atoms with van der Waals surface area (Å²) in [7, 11) is 0. The van der Waals surface area contributed by atoms with E-state index in [1.807, 2.05) is 11.8 Å². The molecule has 0 amide bonds. The molecule has 1 aromatic rings. The normalized spacial score (nSPS) is 19.2. The maximum absolute atomic E-state index is 8.82. The van der Waals surface area contributed by atoms with Crippen molar-refractivity contribution in [3.05, 3.63) is 17.8 Å². The number of aliphatic hydroxyl groups is 1. The van der Waals surface area contributed by atoms with Crippen molar-refractivity contribution in [3.8, 4) is 0 Å². The molecule has 4 heteroatoms. The minimum absolute atomic E-state index is 0.0228. The summed E-state index contributed by atoms with van der Waals surface area (Å²) in [6.45, 7) is -0.0228. The lowest BCUT2D eigenvalue weighted by Gasteiger charge is -2.17. The second-order valence-electron chi connectivity index (χ2n) is 3.22. The number of rotatable bonds is 2. The summed E-state index contributed by atoms with van der Waals surface area (Å²) < 4.78 is 5.31. The molecule has 0 aliphatic carbocycles. The van der Waals surface area contributed by atoms with E-state index in [1.165, 1.54) is 11.5 Å². The minimum atomic E-state index is -0.0228. The van der Waals surface area contributed by atoms with Gasteiger partial charge in [0.15, 0.2) is 5.89 Å². The van der Waals surface area contributed by atoms with Crippen molar-refractivity contribution < 1.29 is 9.52 Å². The smallest absolute Gasteiger partial charge is 0.197 e. The molecule has 1 fully saturated rings. The van der Waals surface area contributed by atoms with Crippen LogP contribution >= 0.6 is 11.8 Å². The van der Waals surface area contributed by atoms with E-state index in [-0.39, 0.29) is 6.61 Å². The predicted octanol–water partition coefficient (Wildman–Crippen LogP) is 1.78.